The fraction of sp³-hybridized carbons (Fsp3) is 0.267. The van der Waals surface area contributed by atoms with Crippen LogP contribution in [0.3, 0.4) is 0 Å². The molecule has 0 saturated carbocycles. The molecule has 1 aromatic heterocycles. The number of nitriles is 1. The van der Waals surface area contributed by atoms with Crippen LogP contribution in [0.4, 0.5) is 5.69 Å². The number of aromatic nitrogens is 1. The van der Waals surface area contributed by atoms with Crippen LogP contribution in [-0.4, -0.2) is 4.57 Å². The Kier molecular flexibility index (Phi) is 3.82. The van der Waals surface area contributed by atoms with E-state index in [1.807, 2.05) is 49.7 Å². The quantitative estimate of drug-likeness (QED) is 0.925. The highest BCUT2D eigenvalue weighted by atomic mass is 35.5. The van der Waals surface area contributed by atoms with Crippen molar-refractivity contribution in [1.29, 1.82) is 5.26 Å². The van der Waals surface area contributed by atoms with Crippen LogP contribution in [0, 0.1) is 25.2 Å². The third-order valence-electron chi connectivity index (χ3n) is 3.35. The van der Waals surface area contributed by atoms with Gasteiger partial charge in [-0.15, -0.1) is 0 Å². The maximum Gasteiger partial charge on any atom is 0.120 e. The first kappa shape index (κ1) is 13.5. The summed E-state index contributed by atoms with van der Waals surface area (Å²) in [5.41, 5.74) is 4.95. The molecule has 0 aliphatic heterocycles. The molecule has 0 spiro atoms. The second kappa shape index (κ2) is 5.38. The van der Waals surface area contributed by atoms with E-state index < -0.39 is 0 Å². The van der Waals surface area contributed by atoms with Gasteiger partial charge >= 0.3 is 0 Å². The lowest BCUT2D eigenvalue weighted by molar-refractivity contribution is 0.856. The van der Waals surface area contributed by atoms with Gasteiger partial charge in [0.1, 0.15) is 11.8 Å². The molecule has 0 fully saturated rings. The Balaban J connectivity index is 2.19. The second-order valence-corrected chi connectivity index (χ2v) is 5.06. The summed E-state index contributed by atoms with van der Waals surface area (Å²) >= 11 is 6.15. The van der Waals surface area contributed by atoms with E-state index in [-0.39, 0.29) is 0 Å². The Morgan fingerprint density at radius 3 is 2.68 bits per heavy atom. The van der Waals surface area contributed by atoms with Gasteiger partial charge in [-0.1, -0.05) is 17.7 Å². The van der Waals surface area contributed by atoms with Gasteiger partial charge in [-0.3, -0.25) is 0 Å². The molecule has 1 heterocycles. The van der Waals surface area contributed by atoms with Crippen molar-refractivity contribution in [2.24, 2.45) is 7.05 Å². The minimum atomic E-state index is 0.657. The molecule has 0 aliphatic rings. The van der Waals surface area contributed by atoms with Crippen LogP contribution in [0.15, 0.2) is 24.3 Å². The number of hydrogen-bond donors (Lipinski definition) is 1. The second-order valence-electron chi connectivity index (χ2n) is 4.65. The average molecular weight is 274 g/mol. The highest BCUT2D eigenvalue weighted by molar-refractivity contribution is 6.33. The van der Waals surface area contributed by atoms with E-state index in [1.54, 1.807) is 0 Å². The van der Waals surface area contributed by atoms with Gasteiger partial charge in [0.05, 0.1) is 10.7 Å². The zero-order valence-corrected chi connectivity index (χ0v) is 12.0. The summed E-state index contributed by atoms with van der Waals surface area (Å²) < 4.78 is 1.90. The van der Waals surface area contributed by atoms with Gasteiger partial charge < -0.3 is 9.88 Å². The van der Waals surface area contributed by atoms with Crippen LogP contribution in [0.5, 0.6) is 0 Å². The molecule has 0 unspecified atom stereocenters. The van der Waals surface area contributed by atoms with E-state index in [4.69, 9.17) is 16.9 Å². The van der Waals surface area contributed by atoms with Gasteiger partial charge in [-0.05, 0) is 43.2 Å². The van der Waals surface area contributed by atoms with E-state index >= 15 is 0 Å². The SMILES string of the molecule is Cc1ccc(Cl)c(NCc2cc(C#N)n(C)c2C)c1. The summed E-state index contributed by atoms with van der Waals surface area (Å²) in [4.78, 5) is 0. The Bertz CT molecular complexity index is 650. The smallest absolute Gasteiger partial charge is 0.120 e. The molecule has 98 valence electrons. The minimum Gasteiger partial charge on any atom is -0.380 e. The highest BCUT2D eigenvalue weighted by Gasteiger charge is 2.09. The van der Waals surface area contributed by atoms with E-state index in [0.717, 1.165) is 22.5 Å². The Hall–Kier alpha value is -1.92. The number of anilines is 1. The molecule has 0 amide bonds. The van der Waals surface area contributed by atoms with Crippen LogP contribution in [0.2, 0.25) is 5.02 Å². The predicted octanol–water partition coefficient (Wildman–Crippen LogP) is 3.78. The Labute approximate surface area is 118 Å². The standard InChI is InChI=1S/C15H16ClN3/c1-10-4-5-14(16)15(6-10)18-9-12-7-13(8-17)19(3)11(12)2/h4-7,18H,9H2,1-3H3. The lowest BCUT2D eigenvalue weighted by Crippen LogP contribution is -2.02. The van der Waals surface area contributed by atoms with Crippen LogP contribution < -0.4 is 5.32 Å². The third kappa shape index (κ3) is 2.74. The minimum absolute atomic E-state index is 0.657. The summed E-state index contributed by atoms with van der Waals surface area (Å²) in [7, 11) is 1.90. The number of rotatable bonds is 3. The topological polar surface area (TPSA) is 40.8 Å². The summed E-state index contributed by atoms with van der Waals surface area (Å²) in [6, 6.07) is 9.98. The van der Waals surface area contributed by atoms with Crippen LogP contribution in [0.1, 0.15) is 22.5 Å². The summed E-state index contributed by atoms with van der Waals surface area (Å²) in [6.07, 6.45) is 0. The molecule has 19 heavy (non-hydrogen) atoms. The van der Waals surface area contributed by atoms with Crippen molar-refractivity contribution in [3.05, 3.63) is 51.8 Å². The molecular formula is C15H16ClN3. The number of hydrogen-bond acceptors (Lipinski definition) is 2. The monoisotopic (exact) mass is 273 g/mol. The average Bonchev–Trinajstić information content (AvgIpc) is 2.67. The van der Waals surface area contributed by atoms with E-state index in [2.05, 4.69) is 11.4 Å². The third-order valence-corrected chi connectivity index (χ3v) is 3.68. The summed E-state index contributed by atoms with van der Waals surface area (Å²) in [5, 5.41) is 13.0. The maximum absolute atomic E-state index is 9.01. The van der Waals surface area contributed by atoms with E-state index in [0.29, 0.717) is 17.3 Å². The first-order valence-electron chi connectivity index (χ1n) is 6.08. The molecule has 1 aromatic carbocycles. The van der Waals surface area contributed by atoms with Gasteiger partial charge in [0, 0.05) is 19.3 Å². The van der Waals surface area contributed by atoms with Crippen molar-refractivity contribution >= 4 is 17.3 Å². The van der Waals surface area contributed by atoms with Crippen LogP contribution >= 0.6 is 11.6 Å². The molecule has 0 atom stereocenters. The molecule has 1 N–H and O–H groups in total. The number of nitrogens with zero attached hydrogens (tertiary/aromatic N) is 2. The van der Waals surface area contributed by atoms with Crippen LogP contribution in [-0.2, 0) is 13.6 Å². The zero-order chi connectivity index (χ0) is 14.0. The van der Waals surface area contributed by atoms with Gasteiger partial charge in [-0.2, -0.15) is 5.26 Å². The fourth-order valence-electron chi connectivity index (χ4n) is 2.01. The van der Waals surface area contributed by atoms with E-state index in [1.165, 1.54) is 0 Å². The number of benzene rings is 1. The Morgan fingerprint density at radius 2 is 2.05 bits per heavy atom. The normalized spacial score (nSPS) is 10.3. The van der Waals surface area contributed by atoms with E-state index in [9.17, 15) is 0 Å². The molecule has 3 nitrogen and oxygen atoms in total. The van der Waals surface area contributed by atoms with Crippen molar-refractivity contribution in [3.63, 3.8) is 0 Å². The first-order chi connectivity index (χ1) is 9.02. The highest BCUT2D eigenvalue weighted by Crippen LogP contribution is 2.24. The largest absolute Gasteiger partial charge is 0.380 e. The number of aryl methyl sites for hydroxylation is 1. The number of nitrogens with one attached hydrogen (secondary N) is 1. The lowest BCUT2D eigenvalue weighted by atomic mass is 10.2. The first-order valence-corrected chi connectivity index (χ1v) is 6.46. The molecular weight excluding hydrogens is 258 g/mol. The van der Waals surface area contributed by atoms with Gasteiger partial charge in [-0.25, -0.2) is 0 Å². The maximum atomic E-state index is 9.01. The Morgan fingerprint density at radius 1 is 1.32 bits per heavy atom. The molecule has 0 radical (unpaired) electrons. The predicted molar refractivity (Wildman–Crippen MR) is 78.4 cm³/mol. The van der Waals surface area contributed by atoms with Gasteiger partial charge in [0.25, 0.3) is 0 Å². The van der Waals surface area contributed by atoms with Crippen molar-refractivity contribution in [2.45, 2.75) is 20.4 Å². The van der Waals surface area contributed by atoms with Crippen molar-refractivity contribution in [3.8, 4) is 6.07 Å². The molecule has 2 rings (SSSR count). The van der Waals surface area contributed by atoms with Crippen molar-refractivity contribution in [2.75, 3.05) is 5.32 Å². The van der Waals surface area contributed by atoms with Crippen molar-refractivity contribution < 1.29 is 0 Å². The molecule has 2 aromatic rings. The summed E-state index contributed by atoms with van der Waals surface area (Å²) in [6.45, 7) is 4.70. The van der Waals surface area contributed by atoms with Gasteiger partial charge in [0.15, 0.2) is 0 Å². The molecule has 0 saturated heterocycles. The molecule has 0 aliphatic carbocycles. The van der Waals surface area contributed by atoms with Crippen molar-refractivity contribution in [1.82, 2.24) is 4.57 Å². The molecule has 0 bridgehead atoms. The number of halogens is 1. The van der Waals surface area contributed by atoms with Gasteiger partial charge in [0.2, 0.25) is 0 Å². The molecule has 4 heteroatoms. The summed E-state index contributed by atoms with van der Waals surface area (Å²) in [5.74, 6) is 0. The zero-order valence-electron chi connectivity index (χ0n) is 11.3. The fourth-order valence-corrected chi connectivity index (χ4v) is 2.20. The lowest BCUT2D eigenvalue weighted by Gasteiger charge is -2.09. The van der Waals surface area contributed by atoms with Crippen LogP contribution in [0.25, 0.3) is 0 Å².